The maximum Gasteiger partial charge on any atom is 0.257 e. The Hall–Kier alpha value is -3.21. The predicted octanol–water partition coefficient (Wildman–Crippen LogP) is 3.22. The highest BCUT2D eigenvalue weighted by Crippen LogP contribution is 2.31. The number of aromatic nitrogens is 2. The molecule has 1 aliphatic heterocycles. The minimum Gasteiger partial charge on any atom is -0.492 e. The van der Waals surface area contributed by atoms with Crippen LogP contribution < -0.4 is 10.1 Å². The van der Waals surface area contributed by atoms with Crippen molar-refractivity contribution in [2.75, 3.05) is 38.2 Å². The van der Waals surface area contributed by atoms with Crippen molar-refractivity contribution in [3.8, 4) is 5.75 Å². The van der Waals surface area contributed by atoms with Crippen LogP contribution >= 0.6 is 0 Å². The Labute approximate surface area is 205 Å². The molecule has 2 aromatic heterocycles. The SMILES string of the molecule is CCOc1ccc(NC(=O)c2cc(C)n(Cc3ccccn3)c2C)cc1S(=O)(=O)N1CCOCC1. The molecule has 1 saturated heterocycles. The van der Waals surface area contributed by atoms with Crippen molar-refractivity contribution in [1.82, 2.24) is 13.9 Å². The number of hydrogen-bond donors (Lipinski definition) is 1. The second-order valence-corrected chi connectivity index (χ2v) is 10.2. The van der Waals surface area contributed by atoms with Crippen molar-refractivity contribution in [3.05, 3.63) is 71.3 Å². The molecule has 35 heavy (non-hydrogen) atoms. The Balaban J connectivity index is 1.60. The van der Waals surface area contributed by atoms with Crippen molar-refractivity contribution < 1.29 is 22.7 Å². The Morgan fingerprint density at radius 1 is 1.14 bits per heavy atom. The summed E-state index contributed by atoms with van der Waals surface area (Å²) in [4.78, 5) is 17.6. The first-order chi connectivity index (χ1) is 16.8. The van der Waals surface area contributed by atoms with Crippen LogP contribution in [-0.4, -0.2) is 61.1 Å². The summed E-state index contributed by atoms with van der Waals surface area (Å²) in [7, 11) is -3.82. The number of nitrogens with zero attached hydrogens (tertiary/aromatic N) is 3. The number of rotatable bonds is 8. The number of ether oxygens (including phenoxy) is 2. The molecule has 1 N–H and O–H groups in total. The number of morpholine rings is 1. The fraction of sp³-hybridized carbons (Fsp3) is 0.360. The largest absolute Gasteiger partial charge is 0.492 e. The van der Waals surface area contributed by atoms with Gasteiger partial charge < -0.3 is 19.4 Å². The molecule has 9 nitrogen and oxygen atoms in total. The molecule has 1 aromatic carbocycles. The topological polar surface area (TPSA) is 103 Å². The van der Waals surface area contributed by atoms with E-state index in [1.165, 1.54) is 10.4 Å². The lowest BCUT2D eigenvalue weighted by molar-refractivity contribution is 0.0729. The van der Waals surface area contributed by atoms with Crippen LogP contribution in [-0.2, 0) is 21.3 Å². The monoisotopic (exact) mass is 498 g/mol. The predicted molar refractivity (Wildman–Crippen MR) is 132 cm³/mol. The Kier molecular flexibility index (Phi) is 7.54. The summed E-state index contributed by atoms with van der Waals surface area (Å²) in [6, 6.07) is 12.2. The molecule has 0 unspecified atom stereocenters. The fourth-order valence-electron chi connectivity index (χ4n) is 4.11. The number of carbonyl (C=O) groups is 1. The van der Waals surface area contributed by atoms with Gasteiger partial charge in [-0.2, -0.15) is 4.31 Å². The van der Waals surface area contributed by atoms with E-state index in [-0.39, 0.29) is 29.6 Å². The molecular weight excluding hydrogens is 468 g/mol. The van der Waals surface area contributed by atoms with Gasteiger partial charge in [0, 0.05) is 36.4 Å². The summed E-state index contributed by atoms with van der Waals surface area (Å²) < 4.78 is 41.0. The van der Waals surface area contributed by atoms with Crippen LogP contribution in [0, 0.1) is 13.8 Å². The summed E-state index contributed by atoms with van der Waals surface area (Å²) in [5.74, 6) is -0.0604. The summed E-state index contributed by atoms with van der Waals surface area (Å²) in [6.07, 6.45) is 1.74. The van der Waals surface area contributed by atoms with Gasteiger partial charge in [0.05, 0.1) is 37.6 Å². The molecule has 0 bridgehead atoms. The number of pyridine rings is 1. The van der Waals surface area contributed by atoms with E-state index in [2.05, 4.69) is 10.3 Å². The number of nitrogens with one attached hydrogen (secondary N) is 1. The second kappa shape index (κ2) is 10.6. The van der Waals surface area contributed by atoms with E-state index >= 15 is 0 Å². The van der Waals surface area contributed by atoms with E-state index in [0.717, 1.165) is 17.1 Å². The normalized spacial score (nSPS) is 14.6. The van der Waals surface area contributed by atoms with Gasteiger partial charge in [0.1, 0.15) is 10.6 Å². The van der Waals surface area contributed by atoms with E-state index in [0.29, 0.717) is 37.6 Å². The molecule has 186 valence electrons. The average molecular weight is 499 g/mol. The van der Waals surface area contributed by atoms with E-state index in [1.54, 1.807) is 25.3 Å². The Morgan fingerprint density at radius 2 is 1.91 bits per heavy atom. The van der Waals surface area contributed by atoms with E-state index in [9.17, 15) is 13.2 Å². The molecule has 10 heteroatoms. The van der Waals surface area contributed by atoms with Gasteiger partial charge in [-0.25, -0.2) is 8.42 Å². The molecule has 0 aliphatic carbocycles. The first kappa shape index (κ1) is 24.9. The third kappa shape index (κ3) is 5.39. The van der Waals surface area contributed by atoms with E-state index in [1.807, 2.05) is 42.7 Å². The highest BCUT2D eigenvalue weighted by molar-refractivity contribution is 7.89. The van der Waals surface area contributed by atoms with Gasteiger partial charge in [0.15, 0.2) is 0 Å². The highest BCUT2D eigenvalue weighted by Gasteiger charge is 2.30. The van der Waals surface area contributed by atoms with E-state index < -0.39 is 10.0 Å². The van der Waals surface area contributed by atoms with Gasteiger partial charge in [0.2, 0.25) is 10.0 Å². The number of benzene rings is 1. The van der Waals surface area contributed by atoms with Crippen molar-refractivity contribution in [2.24, 2.45) is 0 Å². The Bertz CT molecular complexity index is 1300. The van der Waals surface area contributed by atoms with Gasteiger partial charge in [-0.3, -0.25) is 9.78 Å². The van der Waals surface area contributed by atoms with Crippen LogP contribution in [0.3, 0.4) is 0 Å². The highest BCUT2D eigenvalue weighted by atomic mass is 32.2. The lowest BCUT2D eigenvalue weighted by Crippen LogP contribution is -2.40. The van der Waals surface area contributed by atoms with Gasteiger partial charge in [0.25, 0.3) is 5.91 Å². The summed E-state index contributed by atoms with van der Waals surface area (Å²) in [5.41, 5.74) is 3.52. The van der Waals surface area contributed by atoms with Crippen LogP contribution in [0.25, 0.3) is 0 Å². The van der Waals surface area contributed by atoms with Gasteiger partial charge in [-0.1, -0.05) is 6.07 Å². The first-order valence-electron chi connectivity index (χ1n) is 11.5. The minimum atomic E-state index is -3.82. The van der Waals surface area contributed by atoms with Crippen molar-refractivity contribution in [3.63, 3.8) is 0 Å². The molecule has 0 radical (unpaired) electrons. The van der Waals surface area contributed by atoms with Crippen molar-refractivity contribution >= 4 is 21.6 Å². The van der Waals surface area contributed by atoms with Crippen LogP contribution in [0.1, 0.15) is 34.4 Å². The molecule has 0 spiro atoms. The van der Waals surface area contributed by atoms with Crippen molar-refractivity contribution in [1.29, 1.82) is 0 Å². The lowest BCUT2D eigenvalue weighted by Gasteiger charge is -2.27. The Morgan fingerprint density at radius 3 is 2.60 bits per heavy atom. The molecule has 4 rings (SSSR count). The molecule has 1 aliphatic rings. The van der Waals surface area contributed by atoms with Crippen LogP contribution in [0.5, 0.6) is 5.75 Å². The number of sulfonamides is 1. The first-order valence-corrected chi connectivity index (χ1v) is 13.0. The van der Waals surface area contributed by atoms with Crippen LogP contribution in [0.4, 0.5) is 5.69 Å². The number of anilines is 1. The van der Waals surface area contributed by atoms with Gasteiger partial charge in [-0.15, -0.1) is 0 Å². The number of amides is 1. The molecule has 0 saturated carbocycles. The second-order valence-electron chi connectivity index (χ2n) is 8.26. The third-order valence-electron chi connectivity index (χ3n) is 5.95. The zero-order valence-electron chi connectivity index (χ0n) is 20.2. The summed E-state index contributed by atoms with van der Waals surface area (Å²) >= 11 is 0. The third-order valence-corrected chi connectivity index (χ3v) is 7.87. The maximum absolute atomic E-state index is 13.3. The van der Waals surface area contributed by atoms with E-state index in [4.69, 9.17) is 9.47 Å². The fourth-order valence-corrected chi connectivity index (χ4v) is 5.68. The maximum atomic E-state index is 13.3. The summed E-state index contributed by atoms with van der Waals surface area (Å²) in [6.45, 7) is 7.72. The molecule has 0 atom stereocenters. The lowest BCUT2D eigenvalue weighted by atomic mass is 10.2. The quantitative estimate of drug-likeness (QED) is 0.512. The van der Waals surface area contributed by atoms with Crippen LogP contribution in [0.2, 0.25) is 0 Å². The smallest absolute Gasteiger partial charge is 0.257 e. The zero-order valence-corrected chi connectivity index (χ0v) is 21.0. The van der Waals surface area contributed by atoms with Gasteiger partial charge >= 0.3 is 0 Å². The molecule has 1 amide bonds. The van der Waals surface area contributed by atoms with Crippen molar-refractivity contribution in [2.45, 2.75) is 32.2 Å². The molecule has 1 fully saturated rings. The van der Waals surface area contributed by atoms with Gasteiger partial charge in [-0.05, 0) is 57.2 Å². The summed E-state index contributed by atoms with van der Waals surface area (Å²) in [5, 5.41) is 2.86. The average Bonchev–Trinajstić information content (AvgIpc) is 3.14. The zero-order chi connectivity index (χ0) is 25.0. The number of carbonyl (C=O) groups excluding carboxylic acids is 1. The number of aryl methyl sites for hydroxylation is 1. The molecular formula is C25H30N4O5S. The molecule has 3 aromatic rings. The number of hydrogen-bond acceptors (Lipinski definition) is 6. The minimum absolute atomic E-state index is 0.0275. The molecule has 3 heterocycles. The van der Waals surface area contributed by atoms with Crippen LogP contribution in [0.15, 0.2) is 53.6 Å². The standard InChI is InChI=1S/C25H30N4O5S/c1-4-34-23-9-8-20(16-24(23)35(31,32)28-11-13-33-14-12-28)27-25(30)22-15-18(2)29(19(22)3)17-21-7-5-6-10-26-21/h5-10,15-16H,4,11-14,17H2,1-3H3,(H,27,30).